The number of carbonyl (C=O) groups excluding carboxylic acids is 2. The lowest BCUT2D eigenvalue weighted by Gasteiger charge is -2.22. The molecule has 0 aliphatic carbocycles. The monoisotopic (exact) mass is 720 g/mol. The van der Waals surface area contributed by atoms with Gasteiger partial charge in [-0.25, -0.2) is 18.4 Å². The second-order valence-corrected chi connectivity index (χ2v) is 11.9. The molecule has 0 aliphatic rings. The molecule has 0 amide bonds. The highest BCUT2D eigenvalue weighted by atomic mass is 19.3. The van der Waals surface area contributed by atoms with Crippen molar-refractivity contribution in [3.05, 3.63) is 119 Å². The van der Waals surface area contributed by atoms with Gasteiger partial charge in [0.2, 0.25) is 0 Å². The summed E-state index contributed by atoms with van der Waals surface area (Å²) >= 11 is 0. The average molecular weight is 721 g/mol. The Kier molecular flexibility index (Phi) is 15.6. The quantitative estimate of drug-likeness (QED) is 0.0446. The van der Waals surface area contributed by atoms with Gasteiger partial charge in [0.05, 0.1) is 24.3 Å². The molecule has 0 aromatic heterocycles. The van der Waals surface area contributed by atoms with E-state index in [-0.39, 0.29) is 18.8 Å². The third-order valence-corrected chi connectivity index (χ3v) is 7.87. The molecule has 0 N–H and O–H groups in total. The predicted octanol–water partition coefficient (Wildman–Crippen LogP) is 10.2. The zero-order valence-corrected chi connectivity index (χ0v) is 28.5. The number of rotatable bonds is 22. The van der Waals surface area contributed by atoms with Gasteiger partial charge in [-0.1, -0.05) is 51.0 Å². The van der Waals surface area contributed by atoms with Gasteiger partial charge in [0.25, 0.3) is 0 Å². The zero-order chi connectivity index (χ0) is 37.4. The van der Waals surface area contributed by atoms with Gasteiger partial charge >= 0.3 is 24.2 Å². The second kappa shape index (κ2) is 19.6. The molecule has 3 aromatic rings. The second-order valence-electron chi connectivity index (χ2n) is 11.9. The van der Waals surface area contributed by atoms with E-state index in [1.165, 1.54) is 19.1 Å². The van der Waals surface area contributed by atoms with Crippen molar-refractivity contribution in [3.63, 3.8) is 0 Å². The van der Waals surface area contributed by atoms with Crippen LogP contribution in [0.2, 0.25) is 0 Å². The smallest absolute Gasteiger partial charge is 0.429 e. The normalized spacial score (nSPS) is 11.5. The van der Waals surface area contributed by atoms with Gasteiger partial charge in [-0.2, -0.15) is 17.6 Å². The molecule has 0 aliphatic heterocycles. The first-order chi connectivity index (χ1) is 24.3. The van der Waals surface area contributed by atoms with Crippen LogP contribution in [0.3, 0.4) is 0 Å². The summed E-state index contributed by atoms with van der Waals surface area (Å²) in [7, 11) is 0. The first-order valence-corrected chi connectivity index (χ1v) is 16.7. The Morgan fingerprint density at radius 1 is 0.627 bits per heavy atom. The number of aryl methyl sites for hydroxylation is 3. The number of benzene rings is 3. The molecule has 6 nitrogen and oxygen atoms in total. The molecule has 0 heterocycles. The zero-order valence-electron chi connectivity index (χ0n) is 28.5. The van der Waals surface area contributed by atoms with Gasteiger partial charge in [-0.3, -0.25) is 0 Å². The number of alkyl halides is 4. The molecule has 51 heavy (non-hydrogen) atoms. The van der Waals surface area contributed by atoms with Crippen LogP contribution in [-0.4, -0.2) is 25.2 Å². The molecular weight excluding hydrogens is 678 g/mol. The number of unbranched alkanes of at least 4 members (excludes halogenated alkanes) is 6. The average Bonchev–Trinajstić information content (AvgIpc) is 3.08. The van der Waals surface area contributed by atoms with Crippen LogP contribution in [0.25, 0.3) is 0 Å². The molecule has 3 aromatic carbocycles. The summed E-state index contributed by atoms with van der Waals surface area (Å²) in [5.74, 6) is -4.14. The van der Waals surface area contributed by atoms with Gasteiger partial charge < -0.3 is 18.9 Å². The maximum Gasteiger partial charge on any atom is 0.429 e. The van der Waals surface area contributed by atoms with Crippen molar-refractivity contribution in [2.45, 2.75) is 83.3 Å². The summed E-state index contributed by atoms with van der Waals surface area (Å²) in [6.07, 6.45) is 0.611. The van der Waals surface area contributed by atoms with Crippen LogP contribution in [0.5, 0.6) is 11.5 Å². The lowest BCUT2D eigenvalue weighted by atomic mass is 10.0. The fourth-order valence-electron chi connectivity index (χ4n) is 5.13. The molecule has 0 unspecified atom stereocenters. The standard InChI is InChI=1S/C39H42F6O6/c1-4-36(46)48-22-12-8-6-10-14-28-16-19-31(33(40)25-28)38(42,43)50-30-18-21-35(27(3)24-30)51-39(44,45)32-20-17-29(26-34(32)41)15-11-7-9-13-23-49-37(47)5-2/h4-5,16-21,24-26H,1-2,6-15,22-23H2,3H3. The lowest BCUT2D eigenvalue weighted by molar-refractivity contribution is -0.190. The minimum Gasteiger partial charge on any atom is -0.463 e. The first-order valence-electron chi connectivity index (χ1n) is 16.7. The Morgan fingerprint density at radius 3 is 1.51 bits per heavy atom. The fourth-order valence-corrected chi connectivity index (χ4v) is 5.13. The summed E-state index contributed by atoms with van der Waals surface area (Å²) in [5.41, 5.74) is -0.953. The Balaban J connectivity index is 1.52. The SMILES string of the molecule is C=CC(=O)OCCCCCCc1ccc(C(F)(F)Oc2ccc(OC(F)(F)c3ccc(CCCCCCOC(=O)C=C)cc3F)c(C)c2)c(F)c1. The van der Waals surface area contributed by atoms with Crippen LogP contribution < -0.4 is 9.47 Å². The van der Waals surface area contributed by atoms with Crippen molar-refractivity contribution in [2.24, 2.45) is 0 Å². The molecule has 276 valence electrons. The third kappa shape index (κ3) is 13.1. The number of ether oxygens (including phenoxy) is 4. The molecule has 0 atom stereocenters. The lowest BCUT2D eigenvalue weighted by Crippen LogP contribution is -2.25. The van der Waals surface area contributed by atoms with Gasteiger partial charge in [-0.15, -0.1) is 0 Å². The maximum atomic E-state index is 15.1. The molecule has 0 radical (unpaired) electrons. The topological polar surface area (TPSA) is 71.1 Å². The van der Waals surface area contributed by atoms with E-state index in [0.29, 0.717) is 49.7 Å². The summed E-state index contributed by atoms with van der Waals surface area (Å²) in [5, 5.41) is 0. The number of hydrogen-bond acceptors (Lipinski definition) is 6. The summed E-state index contributed by atoms with van der Waals surface area (Å²) in [4.78, 5) is 22.1. The van der Waals surface area contributed by atoms with Gasteiger partial charge in [-0.05, 0) is 105 Å². The Labute approximate surface area is 294 Å². The van der Waals surface area contributed by atoms with Gasteiger partial charge in [0, 0.05) is 12.2 Å². The summed E-state index contributed by atoms with van der Waals surface area (Å²) in [6, 6.07) is 9.68. The van der Waals surface area contributed by atoms with E-state index < -0.39 is 58.4 Å². The molecule has 0 spiro atoms. The van der Waals surface area contributed by atoms with E-state index in [4.69, 9.17) is 18.9 Å². The van der Waals surface area contributed by atoms with Crippen molar-refractivity contribution in [1.29, 1.82) is 0 Å². The number of carbonyl (C=O) groups is 2. The van der Waals surface area contributed by atoms with Gasteiger partial charge in [0.1, 0.15) is 23.1 Å². The van der Waals surface area contributed by atoms with Crippen LogP contribution >= 0.6 is 0 Å². The molecule has 0 saturated heterocycles. The first kappa shape index (κ1) is 40.7. The van der Waals surface area contributed by atoms with Crippen molar-refractivity contribution in [2.75, 3.05) is 13.2 Å². The van der Waals surface area contributed by atoms with E-state index in [2.05, 4.69) is 13.2 Å². The molecule has 0 saturated carbocycles. The minimum absolute atomic E-state index is 0.00560. The van der Waals surface area contributed by atoms with E-state index in [0.717, 1.165) is 80.3 Å². The Morgan fingerprint density at radius 2 is 1.08 bits per heavy atom. The predicted molar refractivity (Wildman–Crippen MR) is 180 cm³/mol. The molecule has 12 heteroatoms. The summed E-state index contributed by atoms with van der Waals surface area (Å²) in [6.45, 7) is 8.48. The number of esters is 2. The number of hydrogen-bond donors (Lipinski definition) is 0. The Bertz CT molecular complexity index is 1640. The van der Waals surface area contributed by atoms with Gasteiger partial charge in [0.15, 0.2) is 0 Å². The highest BCUT2D eigenvalue weighted by Crippen LogP contribution is 2.38. The van der Waals surface area contributed by atoms with E-state index in [9.17, 15) is 18.4 Å². The minimum atomic E-state index is -4.09. The van der Waals surface area contributed by atoms with Crippen LogP contribution in [-0.2, 0) is 44.1 Å². The largest absolute Gasteiger partial charge is 0.463 e. The molecule has 0 fully saturated rings. The van der Waals surface area contributed by atoms with Crippen molar-refractivity contribution in [3.8, 4) is 11.5 Å². The third-order valence-electron chi connectivity index (χ3n) is 7.87. The van der Waals surface area contributed by atoms with Crippen LogP contribution in [0, 0.1) is 18.6 Å². The molecule has 0 bridgehead atoms. The van der Waals surface area contributed by atoms with Crippen molar-refractivity contribution >= 4 is 11.9 Å². The fraction of sp³-hybridized carbons (Fsp3) is 0.385. The Hall–Kier alpha value is -4.74. The number of halogens is 6. The van der Waals surface area contributed by atoms with Crippen LogP contribution in [0.1, 0.15) is 79.2 Å². The maximum absolute atomic E-state index is 15.1. The molecule has 3 rings (SSSR count). The van der Waals surface area contributed by atoms with Crippen LogP contribution in [0.4, 0.5) is 26.3 Å². The van der Waals surface area contributed by atoms with Crippen molar-refractivity contribution in [1.82, 2.24) is 0 Å². The highest BCUT2D eigenvalue weighted by molar-refractivity contribution is 5.81. The molecular formula is C39H42F6O6. The summed E-state index contributed by atoms with van der Waals surface area (Å²) < 4.78 is 109. The highest BCUT2D eigenvalue weighted by Gasteiger charge is 2.39. The van der Waals surface area contributed by atoms with Crippen molar-refractivity contribution < 1.29 is 54.9 Å². The van der Waals surface area contributed by atoms with E-state index in [1.807, 2.05) is 0 Å². The van der Waals surface area contributed by atoms with Crippen LogP contribution in [0.15, 0.2) is 79.9 Å². The van der Waals surface area contributed by atoms with E-state index in [1.54, 1.807) is 0 Å². The van der Waals surface area contributed by atoms with E-state index >= 15 is 17.6 Å².